The fourth-order valence-corrected chi connectivity index (χ4v) is 16.1. The third kappa shape index (κ3) is 17.6. The van der Waals surface area contributed by atoms with E-state index in [9.17, 15) is 19.2 Å². The average Bonchev–Trinajstić information content (AvgIpc) is 3.69. The third-order valence-corrected chi connectivity index (χ3v) is 21.2. The maximum absolute atomic E-state index is 14.1. The molecule has 0 spiro atoms. The molecule has 4 aromatic rings. The van der Waals surface area contributed by atoms with Gasteiger partial charge in [-0.1, -0.05) is 212 Å². The van der Waals surface area contributed by atoms with E-state index in [0.717, 1.165) is 162 Å². The number of benzene rings is 4. The molecule has 83 heavy (non-hydrogen) atoms. The lowest BCUT2D eigenvalue weighted by Crippen LogP contribution is -2.15. The van der Waals surface area contributed by atoms with Gasteiger partial charge in [0.2, 0.25) is 0 Å². The van der Waals surface area contributed by atoms with Crippen molar-refractivity contribution in [3.05, 3.63) is 117 Å². The summed E-state index contributed by atoms with van der Waals surface area (Å²) in [5, 5.41) is 0. The molecule has 0 unspecified atom stereocenters. The summed E-state index contributed by atoms with van der Waals surface area (Å²) in [5.41, 5.74) is 7.01. The number of ketones is 4. The molecule has 0 atom stereocenters. The minimum absolute atomic E-state index is 0.101. The lowest BCUT2D eigenvalue weighted by molar-refractivity contribution is 0.0970. The molecule has 4 saturated carbocycles. The van der Waals surface area contributed by atoms with Gasteiger partial charge in [-0.3, -0.25) is 19.2 Å². The van der Waals surface area contributed by atoms with E-state index in [4.69, 9.17) is 9.47 Å². The summed E-state index contributed by atoms with van der Waals surface area (Å²) in [6.45, 7) is 0. The molecule has 2 heterocycles. The minimum atomic E-state index is -0.101. The van der Waals surface area contributed by atoms with Crippen LogP contribution in [0.15, 0.2) is 72.8 Å². The topological polar surface area (TPSA) is 86.7 Å². The molecule has 0 aromatic heterocycles. The Morgan fingerprint density at radius 2 is 0.518 bits per heavy atom. The van der Waals surface area contributed by atoms with Crippen molar-refractivity contribution >= 4 is 23.1 Å². The molecule has 0 bridgehead atoms. The molecule has 0 saturated heterocycles. The maximum atomic E-state index is 14.1. The minimum Gasteiger partial charge on any atom is -0.457 e. The second-order valence-electron chi connectivity index (χ2n) is 27.4. The van der Waals surface area contributed by atoms with Gasteiger partial charge in [-0.15, -0.1) is 0 Å². The fourth-order valence-electron chi connectivity index (χ4n) is 16.1. The molecule has 0 N–H and O–H groups in total. The monoisotopic (exact) mass is 1120 g/mol. The van der Waals surface area contributed by atoms with Crippen molar-refractivity contribution < 1.29 is 28.7 Å². The Bertz CT molecular complexity index is 2360. The standard InChI is InChI=1S/C77H104O6/c78-70(40-21-5-17-34-56-26-9-1-10-27-56)60-44-48-74-66(52-60)64(67-53-61(45-49-75(67)82-74)71(79)41-22-6-18-35-57-28-11-2-12-29-57)38-25-39-65-68-54-62(72(80)42-23-7-19-36-58-30-13-3-14-31-58)46-50-76(68)83-77-51-47-63(55-69(65)77)73(81)43-24-8-20-37-59-32-15-4-16-33-59/h44-59,64-65H,1-43H2. The largest absolute Gasteiger partial charge is 0.457 e. The first-order valence-electron chi connectivity index (χ1n) is 34.9. The number of carbonyl (C=O) groups excluding carboxylic acids is 4. The van der Waals surface area contributed by atoms with Crippen molar-refractivity contribution in [1.29, 1.82) is 0 Å². The Morgan fingerprint density at radius 1 is 0.277 bits per heavy atom. The summed E-state index contributed by atoms with van der Waals surface area (Å²) < 4.78 is 13.4. The normalized spacial score (nSPS) is 18.1. The Balaban J connectivity index is 0.864. The predicted molar refractivity (Wildman–Crippen MR) is 339 cm³/mol. The first-order chi connectivity index (χ1) is 40.8. The lowest BCUT2D eigenvalue weighted by atomic mass is 9.78. The van der Waals surface area contributed by atoms with E-state index in [1.54, 1.807) is 0 Å². The van der Waals surface area contributed by atoms with Crippen LogP contribution < -0.4 is 9.47 Å². The molecule has 10 rings (SSSR count). The number of hydrogen-bond donors (Lipinski definition) is 0. The number of unbranched alkanes of at least 4 members (excludes halogenated alkanes) is 8. The van der Waals surface area contributed by atoms with Gasteiger partial charge in [0.15, 0.2) is 23.1 Å². The van der Waals surface area contributed by atoms with Gasteiger partial charge in [-0.2, -0.15) is 0 Å². The van der Waals surface area contributed by atoms with Gasteiger partial charge in [-0.05, 0) is 135 Å². The van der Waals surface area contributed by atoms with E-state index in [1.807, 2.05) is 48.5 Å². The number of hydrogen-bond acceptors (Lipinski definition) is 6. The third-order valence-electron chi connectivity index (χ3n) is 21.2. The van der Waals surface area contributed by atoms with Gasteiger partial charge < -0.3 is 9.47 Å². The zero-order valence-electron chi connectivity index (χ0n) is 51.2. The second-order valence-corrected chi connectivity index (χ2v) is 27.4. The first-order valence-corrected chi connectivity index (χ1v) is 34.9. The summed E-state index contributed by atoms with van der Waals surface area (Å²) in [4.78, 5) is 56.3. The van der Waals surface area contributed by atoms with Crippen LogP contribution in [0.4, 0.5) is 0 Å². The highest BCUT2D eigenvalue weighted by molar-refractivity contribution is 5.98. The molecule has 4 fully saturated rings. The zero-order chi connectivity index (χ0) is 57.0. The van der Waals surface area contributed by atoms with E-state index >= 15 is 0 Å². The number of rotatable bonds is 32. The number of ether oxygens (including phenoxy) is 2. The van der Waals surface area contributed by atoms with E-state index in [-0.39, 0.29) is 35.0 Å². The summed E-state index contributed by atoms with van der Waals surface area (Å²) in [7, 11) is 0. The summed E-state index contributed by atoms with van der Waals surface area (Å²) >= 11 is 0. The molecule has 4 aliphatic carbocycles. The number of carbonyl (C=O) groups is 4. The van der Waals surface area contributed by atoms with Crippen LogP contribution >= 0.6 is 0 Å². The van der Waals surface area contributed by atoms with Crippen LogP contribution in [0.25, 0.3) is 0 Å². The van der Waals surface area contributed by atoms with E-state index in [2.05, 4.69) is 24.3 Å². The molecular weight excluding hydrogens is 1020 g/mol. The van der Waals surface area contributed by atoms with Crippen LogP contribution in [-0.4, -0.2) is 23.1 Å². The molecule has 6 aliphatic rings. The SMILES string of the molecule is O=C(CCCCCC1CCCCC1)c1ccc2c(c1)C(CCCC1c3cc(C(=O)CCCCCC4CCCCC4)ccc3Oc3ccc(C(=O)CCCCCC4CCCCC4)cc31)c1cc(C(=O)CCCCCC3CCCCC3)ccc1O2. The zero-order valence-corrected chi connectivity index (χ0v) is 51.2. The van der Waals surface area contributed by atoms with Crippen molar-refractivity contribution in [3.8, 4) is 23.0 Å². The highest BCUT2D eigenvalue weighted by Gasteiger charge is 2.33. The quantitative estimate of drug-likeness (QED) is 0.0358. The molecule has 6 nitrogen and oxygen atoms in total. The van der Waals surface area contributed by atoms with Gasteiger partial charge in [0.1, 0.15) is 23.0 Å². The molecule has 6 heteroatoms. The Kier molecular flexibility index (Phi) is 23.7. The van der Waals surface area contributed by atoms with Crippen molar-refractivity contribution in [2.45, 2.75) is 288 Å². The average molecular weight is 1130 g/mol. The van der Waals surface area contributed by atoms with Gasteiger partial charge >= 0.3 is 0 Å². The maximum Gasteiger partial charge on any atom is 0.162 e. The van der Waals surface area contributed by atoms with Gasteiger partial charge in [-0.25, -0.2) is 0 Å². The molecule has 0 amide bonds. The summed E-state index contributed by atoms with van der Waals surface area (Å²) in [6, 6.07) is 24.3. The number of Topliss-reactive ketones (excluding diaryl/α,β-unsaturated/α-hetero) is 4. The van der Waals surface area contributed by atoms with Gasteiger partial charge in [0.05, 0.1) is 0 Å². The van der Waals surface area contributed by atoms with Crippen LogP contribution in [0.3, 0.4) is 0 Å². The van der Waals surface area contributed by atoms with Crippen LogP contribution in [-0.2, 0) is 0 Å². The first kappa shape index (κ1) is 61.3. The smallest absolute Gasteiger partial charge is 0.162 e. The lowest BCUT2D eigenvalue weighted by Gasteiger charge is -2.31. The number of fused-ring (bicyclic) bond motifs is 4. The van der Waals surface area contributed by atoms with E-state index < -0.39 is 0 Å². The molecular formula is C77H104O6. The molecule has 4 aromatic carbocycles. The van der Waals surface area contributed by atoms with E-state index in [1.165, 1.54) is 180 Å². The van der Waals surface area contributed by atoms with Gasteiger partial charge in [0.25, 0.3) is 0 Å². The van der Waals surface area contributed by atoms with Crippen LogP contribution in [0.1, 0.15) is 352 Å². The van der Waals surface area contributed by atoms with Crippen LogP contribution in [0, 0.1) is 23.7 Å². The summed E-state index contributed by atoms with van der Waals surface area (Å²) in [5.74, 6) is 7.12. The van der Waals surface area contributed by atoms with Crippen molar-refractivity contribution in [3.63, 3.8) is 0 Å². The Morgan fingerprint density at radius 3 is 0.759 bits per heavy atom. The van der Waals surface area contributed by atoms with Crippen molar-refractivity contribution in [1.82, 2.24) is 0 Å². The van der Waals surface area contributed by atoms with Crippen LogP contribution in [0.2, 0.25) is 0 Å². The highest BCUT2D eigenvalue weighted by atomic mass is 16.5. The van der Waals surface area contributed by atoms with Crippen molar-refractivity contribution in [2.75, 3.05) is 0 Å². The molecule has 0 radical (unpaired) electrons. The molecule has 448 valence electrons. The highest BCUT2D eigenvalue weighted by Crippen LogP contribution is 2.51. The van der Waals surface area contributed by atoms with Crippen molar-refractivity contribution in [2.24, 2.45) is 23.7 Å². The fraction of sp³-hybridized carbons (Fsp3) is 0.636. The van der Waals surface area contributed by atoms with E-state index in [0.29, 0.717) is 25.7 Å². The second kappa shape index (κ2) is 32.1. The Hall–Kier alpha value is -4.84. The summed E-state index contributed by atoms with van der Waals surface area (Å²) in [6.07, 6.45) is 50.0. The predicted octanol–water partition coefficient (Wildman–Crippen LogP) is 22.9. The van der Waals surface area contributed by atoms with Gasteiger partial charge in [0, 0.05) is 82.0 Å². The molecule has 2 aliphatic heterocycles. The Labute approximate surface area is 501 Å². The van der Waals surface area contributed by atoms with Crippen LogP contribution in [0.5, 0.6) is 23.0 Å².